The van der Waals surface area contributed by atoms with Crippen LogP contribution in [0.4, 0.5) is 0 Å². The van der Waals surface area contributed by atoms with Gasteiger partial charge in [-0.2, -0.15) is 0 Å². The molecule has 4 nitrogen and oxygen atoms in total. The number of ether oxygens (including phenoxy) is 1. The lowest BCUT2D eigenvalue weighted by Crippen LogP contribution is -2.59. The molecule has 4 heteroatoms. The summed E-state index contributed by atoms with van der Waals surface area (Å²) in [5.41, 5.74) is -0.121. The fourth-order valence-electron chi connectivity index (χ4n) is 2.87. The van der Waals surface area contributed by atoms with Crippen LogP contribution in [-0.4, -0.2) is 37.7 Å². The van der Waals surface area contributed by atoms with Gasteiger partial charge in [-0.1, -0.05) is 0 Å². The SMILES string of the molecule is CC1(OCC(=O)NCC(C2CC2)C2CC2)CNC1. The largest absolute Gasteiger partial charge is 0.363 e. The Balaban J connectivity index is 1.35. The standard InChI is InChI=1S/C14H24N2O2/c1-14(8-15-9-14)18-7-13(17)16-6-12(10-2-3-10)11-4-5-11/h10-12,15H,2-9H2,1H3,(H,16,17). The van der Waals surface area contributed by atoms with E-state index in [0.717, 1.165) is 37.4 Å². The maximum atomic E-state index is 11.8. The maximum Gasteiger partial charge on any atom is 0.246 e. The monoisotopic (exact) mass is 252 g/mol. The van der Waals surface area contributed by atoms with Crippen LogP contribution in [0.2, 0.25) is 0 Å². The van der Waals surface area contributed by atoms with Gasteiger partial charge in [0.25, 0.3) is 0 Å². The van der Waals surface area contributed by atoms with Crippen LogP contribution in [0.3, 0.4) is 0 Å². The summed E-state index contributed by atoms with van der Waals surface area (Å²) in [7, 11) is 0. The lowest BCUT2D eigenvalue weighted by atomic mass is 9.98. The van der Waals surface area contributed by atoms with Crippen LogP contribution in [0.1, 0.15) is 32.6 Å². The van der Waals surface area contributed by atoms with Gasteiger partial charge in [0.05, 0.1) is 5.60 Å². The number of nitrogens with one attached hydrogen (secondary N) is 2. The minimum Gasteiger partial charge on any atom is -0.363 e. The van der Waals surface area contributed by atoms with Gasteiger partial charge in [-0.05, 0) is 50.4 Å². The van der Waals surface area contributed by atoms with Gasteiger partial charge in [0.1, 0.15) is 6.61 Å². The van der Waals surface area contributed by atoms with E-state index in [1.807, 2.05) is 6.92 Å². The number of carbonyl (C=O) groups excluding carboxylic acids is 1. The predicted molar refractivity (Wildman–Crippen MR) is 69.2 cm³/mol. The van der Waals surface area contributed by atoms with E-state index in [2.05, 4.69) is 10.6 Å². The van der Waals surface area contributed by atoms with Crippen molar-refractivity contribution in [1.82, 2.24) is 10.6 Å². The molecule has 2 saturated carbocycles. The zero-order valence-electron chi connectivity index (χ0n) is 11.2. The Morgan fingerprint density at radius 2 is 1.94 bits per heavy atom. The molecular formula is C14H24N2O2. The number of hydrogen-bond donors (Lipinski definition) is 2. The molecule has 0 aromatic rings. The molecule has 1 aliphatic heterocycles. The molecule has 3 rings (SSSR count). The van der Waals surface area contributed by atoms with Gasteiger partial charge >= 0.3 is 0 Å². The molecule has 3 fully saturated rings. The van der Waals surface area contributed by atoms with Crippen molar-refractivity contribution in [2.45, 2.75) is 38.2 Å². The van der Waals surface area contributed by atoms with E-state index in [9.17, 15) is 4.79 Å². The van der Waals surface area contributed by atoms with Gasteiger partial charge in [0.2, 0.25) is 5.91 Å². The summed E-state index contributed by atoms with van der Waals surface area (Å²) in [6.07, 6.45) is 5.49. The smallest absolute Gasteiger partial charge is 0.246 e. The first kappa shape index (κ1) is 12.4. The quantitative estimate of drug-likeness (QED) is 0.708. The number of carbonyl (C=O) groups is 1. The molecule has 2 aliphatic carbocycles. The summed E-state index contributed by atoms with van der Waals surface area (Å²) in [6, 6.07) is 0. The molecule has 0 spiro atoms. The van der Waals surface area contributed by atoms with Crippen LogP contribution < -0.4 is 10.6 Å². The van der Waals surface area contributed by atoms with E-state index in [4.69, 9.17) is 4.74 Å². The van der Waals surface area contributed by atoms with Crippen molar-refractivity contribution in [3.63, 3.8) is 0 Å². The van der Waals surface area contributed by atoms with Crippen LogP contribution in [0, 0.1) is 17.8 Å². The van der Waals surface area contributed by atoms with Gasteiger partial charge in [0.15, 0.2) is 0 Å². The van der Waals surface area contributed by atoms with E-state index in [1.54, 1.807) is 0 Å². The molecule has 1 heterocycles. The fourth-order valence-corrected chi connectivity index (χ4v) is 2.87. The normalized spacial score (nSPS) is 25.9. The highest BCUT2D eigenvalue weighted by atomic mass is 16.5. The molecule has 18 heavy (non-hydrogen) atoms. The fraction of sp³-hybridized carbons (Fsp3) is 0.929. The highest BCUT2D eigenvalue weighted by Gasteiger charge is 2.41. The van der Waals surface area contributed by atoms with Crippen molar-refractivity contribution in [1.29, 1.82) is 0 Å². The Morgan fingerprint density at radius 1 is 1.33 bits per heavy atom. The minimum atomic E-state index is -0.121. The number of amides is 1. The van der Waals surface area contributed by atoms with Gasteiger partial charge < -0.3 is 15.4 Å². The Morgan fingerprint density at radius 3 is 2.39 bits per heavy atom. The van der Waals surface area contributed by atoms with Crippen LogP contribution in [0.25, 0.3) is 0 Å². The summed E-state index contributed by atoms with van der Waals surface area (Å²) in [5, 5.41) is 6.23. The first-order valence-electron chi connectivity index (χ1n) is 7.28. The van der Waals surface area contributed by atoms with E-state index in [1.165, 1.54) is 25.7 Å². The Labute approximate surface area is 109 Å². The second-order valence-electron chi connectivity index (χ2n) is 6.48. The molecule has 0 atom stereocenters. The highest BCUT2D eigenvalue weighted by molar-refractivity contribution is 5.77. The molecule has 0 bridgehead atoms. The molecule has 0 aromatic heterocycles. The van der Waals surface area contributed by atoms with Crippen molar-refractivity contribution >= 4 is 5.91 Å². The van der Waals surface area contributed by atoms with Crippen LogP contribution in [0.15, 0.2) is 0 Å². The van der Waals surface area contributed by atoms with E-state index >= 15 is 0 Å². The molecular weight excluding hydrogens is 228 g/mol. The van der Waals surface area contributed by atoms with Crippen LogP contribution >= 0.6 is 0 Å². The third kappa shape index (κ3) is 3.04. The minimum absolute atomic E-state index is 0.0504. The zero-order valence-corrected chi connectivity index (χ0v) is 11.2. The predicted octanol–water partition coefficient (Wildman–Crippen LogP) is 0.917. The lowest BCUT2D eigenvalue weighted by molar-refractivity contribution is -0.136. The third-order valence-corrected chi connectivity index (χ3v) is 4.54. The van der Waals surface area contributed by atoms with E-state index < -0.39 is 0 Å². The molecule has 0 radical (unpaired) electrons. The first-order chi connectivity index (χ1) is 8.66. The highest BCUT2D eigenvalue weighted by Crippen LogP contribution is 2.48. The zero-order chi connectivity index (χ0) is 12.6. The lowest BCUT2D eigenvalue weighted by Gasteiger charge is -2.38. The van der Waals surface area contributed by atoms with E-state index in [0.29, 0.717) is 0 Å². The Hall–Kier alpha value is -0.610. The summed E-state index contributed by atoms with van der Waals surface area (Å²) < 4.78 is 5.64. The van der Waals surface area contributed by atoms with Gasteiger partial charge in [-0.3, -0.25) is 4.79 Å². The molecule has 0 aromatic carbocycles. The van der Waals surface area contributed by atoms with E-state index in [-0.39, 0.29) is 18.1 Å². The van der Waals surface area contributed by atoms with Crippen LogP contribution in [-0.2, 0) is 9.53 Å². The average molecular weight is 252 g/mol. The third-order valence-electron chi connectivity index (χ3n) is 4.54. The summed E-state index contributed by atoms with van der Waals surface area (Å²) in [5.74, 6) is 2.59. The van der Waals surface area contributed by atoms with Gasteiger partial charge in [-0.25, -0.2) is 0 Å². The Bertz CT molecular complexity index is 308. The Kier molecular flexibility index (Phi) is 3.32. The topological polar surface area (TPSA) is 50.4 Å². The molecule has 1 saturated heterocycles. The van der Waals surface area contributed by atoms with Crippen molar-refractivity contribution in [3.05, 3.63) is 0 Å². The number of hydrogen-bond acceptors (Lipinski definition) is 3. The molecule has 102 valence electrons. The second kappa shape index (κ2) is 4.82. The molecule has 3 aliphatic rings. The second-order valence-corrected chi connectivity index (χ2v) is 6.48. The first-order valence-corrected chi connectivity index (χ1v) is 7.28. The molecule has 0 unspecified atom stereocenters. The van der Waals surface area contributed by atoms with Gasteiger partial charge in [-0.15, -0.1) is 0 Å². The van der Waals surface area contributed by atoms with Crippen LogP contribution in [0.5, 0.6) is 0 Å². The number of rotatable bonds is 7. The maximum absolute atomic E-state index is 11.8. The molecule has 2 N–H and O–H groups in total. The summed E-state index contributed by atoms with van der Waals surface area (Å²) >= 11 is 0. The molecule has 1 amide bonds. The summed E-state index contributed by atoms with van der Waals surface area (Å²) in [6.45, 7) is 4.83. The van der Waals surface area contributed by atoms with Crippen molar-refractivity contribution in [2.24, 2.45) is 17.8 Å². The summed E-state index contributed by atoms with van der Waals surface area (Å²) in [4.78, 5) is 11.8. The average Bonchev–Trinajstić information content (AvgIpc) is 3.14. The van der Waals surface area contributed by atoms with Gasteiger partial charge in [0, 0.05) is 19.6 Å². The van der Waals surface area contributed by atoms with Crippen molar-refractivity contribution < 1.29 is 9.53 Å². The van der Waals surface area contributed by atoms with Crippen molar-refractivity contribution in [3.8, 4) is 0 Å². The van der Waals surface area contributed by atoms with Crippen molar-refractivity contribution in [2.75, 3.05) is 26.2 Å².